The van der Waals surface area contributed by atoms with Gasteiger partial charge in [0.15, 0.2) is 0 Å². The molecule has 0 radical (unpaired) electrons. The van der Waals surface area contributed by atoms with E-state index in [1.165, 1.54) is 6.92 Å². The van der Waals surface area contributed by atoms with Gasteiger partial charge in [0.05, 0.1) is 5.57 Å². The highest BCUT2D eigenvalue weighted by Gasteiger charge is 2.06. The van der Waals surface area contributed by atoms with Crippen LogP contribution in [0.5, 0.6) is 0 Å². The van der Waals surface area contributed by atoms with Gasteiger partial charge < -0.3 is 10.8 Å². The van der Waals surface area contributed by atoms with Gasteiger partial charge in [-0.05, 0) is 12.5 Å². The summed E-state index contributed by atoms with van der Waals surface area (Å²) in [6, 6.07) is 9.41. The van der Waals surface area contributed by atoms with Gasteiger partial charge in [0.1, 0.15) is 5.76 Å². The van der Waals surface area contributed by atoms with E-state index in [2.05, 4.69) is 0 Å². The highest BCUT2D eigenvalue weighted by Crippen LogP contribution is 2.08. The summed E-state index contributed by atoms with van der Waals surface area (Å²) in [5.41, 5.74) is 6.20. The zero-order chi connectivity index (χ0) is 10.6. The van der Waals surface area contributed by atoms with Crippen LogP contribution in [-0.2, 0) is 11.2 Å². The molecule has 0 aliphatic rings. The molecule has 14 heavy (non-hydrogen) atoms. The molecule has 0 aromatic heterocycles. The number of benzene rings is 1. The first-order valence-electron chi connectivity index (χ1n) is 4.33. The molecule has 0 atom stereocenters. The van der Waals surface area contributed by atoms with Crippen molar-refractivity contribution in [2.75, 3.05) is 0 Å². The Kier molecular flexibility index (Phi) is 3.29. The summed E-state index contributed by atoms with van der Waals surface area (Å²) in [6.45, 7) is 1.51. The average Bonchev–Trinajstić information content (AvgIpc) is 2.18. The van der Waals surface area contributed by atoms with Crippen molar-refractivity contribution < 1.29 is 9.90 Å². The van der Waals surface area contributed by atoms with Gasteiger partial charge in [-0.15, -0.1) is 0 Å². The number of allylic oxidation sites excluding steroid dienone is 1. The highest BCUT2D eigenvalue weighted by atomic mass is 16.3. The van der Waals surface area contributed by atoms with E-state index in [1.54, 1.807) is 0 Å². The fraction of sp³-hybridized carbons (Fsp3) is 0.182. The third-order valence-electron chi connectivity index (χ3n) is 2.02. The average molecular weight is 191 g/mol. The Morgan fingerprint density at radius 1 is 1.36 bits per heavy atom. The number of aliphatic hydroxyl groups is 1. The molecule has 1 aromatic carbocycles. The van der Waals surface area contributed by atoms with Crippen molar-refractivity contribution >= 4 is 5.91 Å². The van der Waals surface area contributed by atoms with Gasteiger partial charge in [-0.2, -0.15) is 0 Å². The first-order chi connectivity index (χ1) is 6.61. The SMILES string of the molecule is CC(C(N)=O)=C(O)Cc1ccccc1. The van der Waals surface area contributed by atoms with Crippen LogP contribution in [0.4, 0.5) is 0 Å². The molecular weight excluding hydrogens is 178 g/mol. The second-order valence-electron chi connectivity index (χ2n) is 3.10. The molecule has 0 spiro atoms. The van der Waals surface area contributed by atoms with Crippen LogP contribution in [0.25, 0.3) is 0 Å². The zero-order valence-electron chi connectivity index (χ0n) is 8.03. The Morgan fingerprint density at radius 2 is 1.93 bits per heavy atom. The quantitative estimate of drug-likeness (QED) is 0.562. The number of hydrogen-bond acceptors (Lipinski definition) is 2. The van der Waals surface area contributed by atoms with E-state index < -0.39 is 5.91 Å². The molecule has 0 aliphatic carbocycles. The van der Waals surface area contributed by atoms with Gasteiger partial charge >= 0.3 is 0 Å². The predicted molar refractivity (Wildman–Crippen MR) is 54.7 cm³/mol. The highest BCUT2D eigenvalue weighted by molar-refractivity contribution is 5.91. The van der Waals surface area contributed by atoms with E-state index in [0.717, 1.165) is 5.56 Å². The van der Waals surface area contributed by atoms with Crippen molar-refractivity contribution in [3.05, 3.63) is 47.2 Å². The minimum Gasteiger partial charge on any atom is -0.511 e. The molecule has 0 unspecified atom stereocenters. The van der Waals surface area contributed by atoms with Crippen LogP contribution in [0.1, 0.15) is 12.5 Å². The molecule has 1 amide bonds. The number of rotatable bonds is 3. The van der Waals surface area contributed by atoms with Gasteiger partial charge in [-0.1, -0.05) is 30.3 Å². The minimum absolute atomic E-state index is 0.0312. The number of carbonyl (C=O) groups excluding carboxylic acids is 1. The number of hydrogen-bond donors (Lipinski definition) is 2. The molecule has 0 heterocycles. The van der Waals surface area contributed by atoms with E-state index in [9.17, 15) is 9.90 Å². The number of aliphatic hydroxyl groups excluding tert-OH is 1. The van der Waals surface area contributed by atoms with Crippen LogP contribution in [0.15, 0.2) is 41.7 Å². The summed E-state index contributed by atoms with van der Waals surface area (Å²) < 4.78 is 0. The molecule has 0 fully saturated rings. The summed E-state index contributed by atoms with van der Waals surface area (Å²) in [6.07, 6.45) is 0.343. The maximum atomic E-state index is 10.7. The lowest BCUT2D eigenvalue weighted by Gasteiger charge is -2.03. The maximum absolute atomic E-state index is 10.7. The molecule has 0 bridgehead atoms. The largest absolute Gasteiger partial charge is 0.511 e. The van der Waals surface area contributed by atoms with Crippen molar-refractivity contribution in [3.63, 3.8) is 0 Å². The molecule has 1 rings (SSSR count). The smallest absolute Gasteiger partial charge is 0.247 e. The van der Waals surface area contributed by atoms with Crippen molar-refractivity contribution in [1.82, 2.24) is 0 Å². The second-order valence-corrected chi connectivity index (χ2v) is 3.10. The zero-order valence-corrected chi connectivity index (χ0v) is 8.03. The minimum atomic E-state index is -0.585. The van der Waals surface area contributed by atoms with Gasteiger partial charge in [-0.3, -0.25) is 4.79 Å². The van der Waals surface area contributed by atoms with Crippen LogP contribution in [0.2, 0.25) is 0 Å². The number of nitrogens with two attached hydrogens (primary N) is 1. The van der Waals surface area contributed by atoms with Crippen LogP contribution < -0.4 is 5.73 Å². The number of primary amides is 1. The number of carbonyl (C=O) groups is 1. The van der Waals surface area contributed by atoms with Crippen LogP contribution in [-0.4, -0.2) is 11.0 Å². The standard InChI is InChI=1S/C11H13NO2/c1-8(11(12)14)10(13)7-9-5-3-2-4-6-9/h2-6,13H,7H2,1H3,(H2,12,14). The van der Waals surface area contributed by atoms with Crippen molar-refractivity contribution in [3.8, 4) is 0 Å². The van der Waals surface area contributed by atoms with Gasteiger partial charge in [0.25, 0.3) is 0 Å². The maximum Gasteiger partial charge on any atom is 0.247 e. The first-order valence-corrected chi connectivity index (χ1v) is 4.33. The lowest BCUT2D eigenvalue weighted by molar-refractivity contribution is -0.114. The molecule has 0 saturated heterocycles. The van der Waals surface area contributed by atoms with Gasteiger partial charge in [0, 0.05) is 6.42 Å². The summed E-state index contributed by atoms with van der Waals surface area (Å²) in [5, 5.41) is 9.52. The summed E-state index contributed by atoms with van der Waals surface area (Å²) in [4.78, 5) is 10.7. The summed E-state index contributed by atoms with van der Waals surface area (Å²) in [7, 11) is 0. The first kappa shape index (κ1) is 10.3. The van der Waals surface area contributed by atoms with E-state index in [1.807, 2.05) is 30.3 Å². The van der Waals surface area contributed by atoms with E-state index in [-0.39, 0.29) is 11.3 Å². The topological polar surface area (TPSA) is 63.3 Å². The van der Waals surface area contributed by atoms with E-state index in [4.69, 9.17) is 5.73 Å². The van der Waals surface area contributed by atoms with E-state index in [0.29, 0.717) is 6.42 Å². The fourth-order valence-electron chi connectivity index (χ4n) is 1.06. The molecule has 0 saturated carbocycles. The molecule has 74 valence electrons. The summed E-state index contributed by atoms with van der Waals surface area (Å²) in [5.74, 6) is -0.554. The molecule has 3 nitrogen and oxygen atoms in total. The predicted octanol–water partition coefficient (Wildman–Crippen LogP) is 1.55. The lowest BCUT2D eigenvalue weighted by Crippen LogP contribution is -2.14. The fourth-order valence-corrected chi connectivity index (χ4v) is 1.06. The Labute approximate surface area is 82.9 Å². The van der Waals surface area contributed by atoms with Crippen LogP contribution in [0.3, 0.4) is 0 Å². The molecular formula is C11H13NO2. The second kappa shape index (κ2) is 4.46. The third kappa shape index (κ3) is 2.62. The van der Waals surface area contributed by atoms with Gasteiger partial charge in [0.2, 0.25) is 5.91 Å². The van der Waals surface area contributed by atoms with Crippen LogP contribution in [0, 0.1) is 0 Å². The third-order valence-corrected chi connectivity index (χ3v) is 2.02. The van der Waals surface area contributed by atoms with Crippen molar-refractivity contribution in [2.45, 2.75) is 13.3 Å². The lowest BCUT2D eigenvalue weighted by atomic mass is 10.1. The monoisotopic (exact) mass is 191 g/mol. The Balaban J connectivity index is 2.80. The normalized spacial score (nSPS) is 12.1. The summed E-state index contributed by atoms with van der Waals surface area (Å²) >= 11 is 0. The van der Waals surface area contributed by atoms with E-state index >= 15 is 0 Å². The Bertz CT molecular complexity index is 355. The molecule has 0 aliphatic heterocycles. The Hall–Kier alpha value is -1.77. The van der Waals surface area contributed by atoms with Crippen LogP contribution >= 0.6 is 0 Å². The molecule has 3 N–H and O–H groups in total. The molecule has 1 aromatic rings. The van der Waals surface area contributed by atoms with Crippen molar-refractivity contribution in [2.24, 2.45) is 5.73 Å². The number of amides is 1. The molecule has 3 heteroatoms. The van der Waals surface area contributed by atoms with Gasteiger partial charge in [-0.25, -0.2) is 0 Å². The van der Waals surface area contributed by atoms with Crippen molar-refractivity contribution in [1.29, 1.82) is 0 Å². The Morgan fingerprint density at radius 3 is 2.43 bits per heavy atom.